The molecule has 1 aromatic rings. The van der Waals surface area contributed by atoms with Gasteiger partial charge in [0.15, 0.2) is 0 Å². The average Bonchev–Trinajstić information content (AvgIpc) is 2.86. The van der Waals surface area contributed by atoms with Gasteiger partial charge in [0.25, 0.3) is 0 Å². The SMILES string of the molecule is C=C(C#N)/C(=C\C(=C/C)C1=CCCC=C1)NC.C=Cc1cccc(N2CCCCC2)c1. The van der Waals surface area contributed by atoms with E-state index < -0.39 is 0 Å². The van der Waals surface area contributed by atoms with Crippen LogP contribution in [0.15, 0.2) is 90.2 Å². The molecule has 0 spiro atoms. The number of nitrogens with zero attached hydrogens (tertiary/aromatic N) is 2. The topological polar surface area (TPSA) is 39.1 Å². The highest BCUT2D eigenvalue weighted by Gasteiger charge is 2.10. The van der Waals surface area contributed by atoms with E-state index in [9.17, 15) is 0 Å². The van der Waals surface area contributed by atoms with Crippen LogP contribution < -0.4 is 10.2 Å². The summed E-state index contributed by atoms with van der Waals surface area (Å²) < 4.78 is 0. The molecular weight excluding hydrogens is 378 g/mol. The van der Waals surface area contributed by atoms with Gasteiger partial charge in [0.2, 0.25) is 0 Å². The van der Waals surface area contributed by atoms with Gasteiger partial charge in [-0.25, -0.2) is 0 Å². The summed E-state index contributed by atoms with van der Waals surface area (Å²) in [6.07, 6.45) is 18.7. The second-order valence-electron chi connectivity index (χ2n) is 7.63. The Morgan fingerprint density at radius 3 is 2.55 bits per heavy atom. The number of nitriles is 1. The van der Waals surface area contributed by atoms with Crippen molar-refractivity contribution in [3.63, 3.8) is 0 Å². The Hall–Kier alpha value is -3.25. The monoisotopic (exact) mass is 413 g/mol. The predicted molar refractivity (Wildman–Crippen MR) is 135 cm³/mol. The fraction of sp³-hybridized carbons (Fsp3) is 0.321. The lowest BCUT2D eigenvalue weighted by Gasteiger charge is -2.29. The lowest BCUT2D eigenvalue weighted by Crippen LogP contribution is -2.29. The third-order valence-corrected chi connectivity index (χ3v) is 5.50. The average molecular weight is 414 g/mol. The minimum atomic E-state index is 0.451. The van der Waals surface area contributed by atoms with Crippen molar-refractivity contribution >= 4 is 11.8 Å². The first kappa shape index (κ1) is 24.0. The van der Waals surface area contributed by atoms with Gasteiger partial charge in [0, 0.05) is 25.8 Å². The largest absolute Gasteiger partial charge is 0.387 e. The summed E-state index contributed by atoms with van der Waals surface area (Å²) in [6.45, 7) is 11.9. The summed E-state index contributed by atoms with van der Waals surface area (Å²) in [5, 5.41) is 11.9. The molecule has 1 fully saturated rings. The fourth-order valence-corrected chi connectivity index (χ4v) is 3.69. The summed E-state index contributed by atoms with van der Waals surface area (Å²) in [7, 11) is 1.80. The number of likely N-dealkylation sites (N-methyl/N-ethyl adjacent to an activating group) is 1. The number of rotatable bonds is 6. The van der Waals surface area contributed by atoms with Gasteiger partial charge in [-0.1, -0.05) is 55.7 Å². The smallest absolute Gasteiger partial charge is 0.101 e. The number of hydrogen-bond donors (Lipinski definition) is 1. The first-order chi connectivity index (χ1) is 15.1. The molecule has 3 rings (SSSR count). The van der Waals surface area contributed by atoms with E-state index in [1.807, 2.05) is 25.2 Å². The molecule has 1 heterocycles. The summed E-state index contributed by atoms with van der Waals surface area (Å²) in [5.74, 6) is 0. The van der Waals surface area contributed by atoms with Crippen LogP contribution in [0.25, 0.3) is 6.08 Å². The molecule has 0 amide bonds. The molecule has 31 heavy (non-hydrogen) atoms. The predicted octanol–water partition coefficient (Wildman–Crippen LogP) is 6.71. The minimum Gasteiger partial charge on any atom is -0.387 e. The summed E-state index contributed by atoms with van der Waals surface area (Å²) >= 11 is 0. The molecule has 1 aliphatic heterocycles. The van der Waals surface area contributed by atoms with Crippen molar-refractivity contribution in [2.24, 2.45) is 0 Å². The molecule has 0 unspecified atom stereocenters. The van der Waals surface area contributed by atoms with E-state index in [4.69, 9.17) is 5.26 Å². The van der Waals surface area contributed by atoms with Crippen molar-refractivity contribution in [2.45, 2.75) is 39.0 Å². The molecule has 2 aliphatic rings. The van der Waals surface area contributed by atoms with Crippen molar-refractivity contribution in [1.82, 2.24) is 5.32 Å². The molecule has 1 aromatic carbocycles. The molecule has 3 heteroatoms. The number of nitrogens with one attached hydrogen (secondary N) is 1. The van der Waals surface area contributed by atoms with Crippen LogP contribution in [-0.2, 0) is 0 Å². The summed E-state index contributed by atoms with van der Waals surface area (Å²) in [4.78, 5) is 2.47. The van der Waals surface area contributed by atoms with Crippen molar-refractivity contribution in [3.05, 3.63) is 95.8 Å². The Balaban J connectivity index is 0.000000224. The van der Waals surface area contributed by atoms with Crippen LogP contribution in [0.3, 0.4) is 0 Å². The molecule has 1 N–H and O–H groups in total. The zero-order chi connectivity index (χ0) is 22.5. The molecule has 0 aromatic heterocycles. The highest BCUT2D eigenvalue weighted by molar-refractivity contribution is 5.57. The van der Waals surface area contributed by atoms with E-state index >= 15 is 0 Å². The van der Waals surface area contributed by atoms with Crippen LogP contribution >= 0.6 is 0 Å². The van der Waals surface area contributed by atoms with Crippen LogP contribution in [-0.4, -0.2) is 20.1 Å². The number of piperidine rings is 1. The Morgan fingerprint density at radius 1 is 1.19 bits per heavy atom. The molecule has 1 aliphatic carbocycles. The van der Waals surface area contributed by atoms with Gasteiger partial charge in [-0.05, 0) is 73.9 Å². The van der Waals surface area contributed by atoms with E-state index in [-0.39, 0.29) is 0 Å². The first-order valence-electron chi connectivity index (χ1n) is 11.1. The number of allylic oxidation sites excluding steroid dienone is 8. The van der Waals surface area contributed by atoms with Crippen LogP contribution in [0.4, 0.5) is 5.69 Å². The highest BCUT2D eigenvalue weighted by Crippen LogP contribution is 2.22. The third-order valence-electron chi connectivity index (χ3n) is 5.50. The Labute approximate surface area is 188 Å². The van der Waals surface area contributed by atoms with Crippen LogP contribution in [0.2, 0.25) is 0 Å². The maximum absolute atomic E-state index is 8.85. The normalized spacial score (nSPS) is 16.4. The van der Waals surface area contributed by atoms with Crippen molar-refractivity contribution in [2.75, 3.05) is 25.0 Å². The quantitative estimate of drug-likeness (QED) is 0.416. The van der Waals surface area contributed by atoms with Gasteiger partial charge < -0.3 is 10.2 Å². The minimum absolute atomic E-state index is 0.451. The zero-order valence-electron chi connectivity index (χ0n) is 19.0. The standard InChI is InChI=1S/C15H18N2.C13H17N/c1-4-13(14-8-6-5-7-9-14)10-15(17-3)12(2)11-16;1-2-12-7-6-8-13(11-12)14-9-4-3-5-10-14/h4,6,8-10,17H,2,5,7H2,1,3H3;2,6-8,11H,1,3-5,9-10H2/b13-4+,15-10+;. The number of hydrogen-bond acceptors (Lipinski definition) is 3. The lowest BCUT2D eigenvalue weighted by molar-refractivity contribution is 0.578. The van der Waals surface area contributed by atoms with Gasteiger partial charge in [-0.2, -0.15) is 5.26 Å². The van der Waals surface area contributed by atoms with Gasteiger partial charge in [-0.15, -0.1) is 0 Å². The zero-order valence-corrected chi connectivity index (χ0v) is 19.0. The van der Waals surface area contributed by atoms with E-state index in [0.29, 0.717) is 5.57 Å². The summed E-state index contributed by atoms with van der Waals surface area (Å²) in [5.41, 5.74) is 6.10. The third kappa shape index (κ3) is 7.50. The van der Waals surface area contributed by atoms with Gasteiger partial charge in [0.1, 0.15) is 6.07 Å². The van der Waals surface area contributed by atoms with Gasteiger partial charge >= 0.3 is 0 Å². The Kier molecular flexibility index (Phi) is 10.2. The van der Waals surface area contributed by atoms with Crippen LogP contribution in [0.1, 0.15) is 44.6 Å². The molecule has 0 bridgehead atoms. The lowest BCUT2D eigenvalue weighted by atomic mass is 9.98. The molecule has 0 saturated carbocycles. The molecule has 0 atom stereocenters. The number of anilines is 1. The highest BCUT2D eigenvalue weighted by atomic mass is 15.1. The van der Waals surface area contributed by atoms with Crippen molar-refractivity contribution in [3.8, 4) is 6.07 Å². The molecular formula is C28H35N3. The maximum Gasteiger partial charge on any atom is 0.101 e. The van der Waals surface area contributed by atoms with Crippen molar-refractivity contribution < 1.29 is 0 Å². The summed E-state index contributed by atoms with van der Waals surface area (Å²) in [6, 6.07) is 10.7. The molecule has 3 nitrogen and oxygen atoms in total. The Morgan fingerprint density at radius 2 is 1.97 bits per heavy atom. The molecule has 162 valence electrons. The van der Waals surface area contributed by atoms with Crippen molar-refractivity contribution in [1.29, 1.82) is 5.26 Å². The van der Waals surface area contributed by atoms with E-state index in [2.05, 4.69) is 71.9 Å². The maximum atomic E-state index is 8.85. The molecule has 1 saturated heterocycles. The Bertz CT molecular complexity index is 916. The van der Waals surface area contributed by atoms with Gasteiger partial charge in [-0.3, -0.25) is 0 Å². The van der Waals surface area contributed by atoms with Crippen LogP contribution in [0.5, 0.6) is 0 Å². The second-order valence-corrected chi connectivity index (χ2v) is 7.63. The van der Waals surface area contributed by atoms with E-state index in [1.54, 1.807) is 7.05 Å². The molecule has 0 radical (unpaired) electrons. The van der Waals surface area contributed by atoms with E-state index in [1.165, 1.54) is 49.2 Å². The number of benzene rings is 1. The fourth-order valence-electron chi connectivity index (χ4n) is 3.69. The van der Waals surface area contributed by atoms with Gasteiger partial charge in [0.05, 0.1) is 11.3 Å². The second kappa shape index (κ2) is 13.1. The first-order valence-corrected chi connectivity index (χ1v) is 11.1. The van der Waals surface area contributed by atoms with E-state index in [0.717, 1.165) is 24.1 Å². The van der Waals surface area contributed by atoms with Crippen LogP contribution in [0, 0.1) is 11.3 Å².